The van der Waals surface area contributed by atoms with Gasteiger partial charge >= 0.3 is 14.5 Å². The molecule has 5 heteroatoms. The van der Waals surface area contributed by atoms with Crippen molar-refractivity contribution in [2.75, 3.05) is 14.2 Å². The van der Waals surface area contributed by atoms with E-state index in [4.69, 9.17) is 13.6 Å². The average molecular weight is 288 g/mol. The molecule has 0 aromatic heterocycles. The zero-order valence-corrected chi connectivity index (χ0v) is 13.7. The van der Waals surface area contributed by atoms with E-state index in [0.29, 0.717) is 0 Å². The molecule has 112 valence electrons. The molecule has 0 N–H and O–H groups in total. The van der Waals surface area contributed by atoms with Crippen LogP contribution in [0, 0.1) is 0 Å². The molecule has 0 fully saturated rings. The lowest BCUT2D eigenvalue weighted by molar-refractivity contribution is -0.142. The van der Waals surface area contributed by atoms with Crippen LogP contribution in [0.25, 0.3) is 0 Å². The molecule has 0 aliphatic heterocycles. The minimum atomic E-state index is -1.89. The van der Waals surface area contributed by atoms with E-state index in [1.165, 1.54) is 6.08 Å². The molecule has 0 aliphatic rings. The van der Waals surface area contributed by atoms with E-state index in [9.17, 15) is 4.79 Å². The normalized spacial score (nSPS) is 13.1. The molecule has 4 nitrogen and oxygen atoms in total. The minimum Gasteiger partial charge on any atom is -0.460 e. The quantitative estimate of drug-likeness (QED) is 0.253. The molecular formula is C14H28O4Si. The number of esters is 1. The number of ether oxygens (including phenoxy) is 1. The summed E-state index contributed by atoms with van der Waals surface area (Å²) < 4.78 is 16.0. The van der Waals surface area contributed by atoms with E-state index >= 15 is 0 Å². The van der Waals surface area contributed by atoms with Crippen LogP contribution in [0.5, 0.6) is 0 Å². The highest BCUT2D eigenvalue weighted by atomic mass is 28.4. The van der Waals surface area contributed by atoms with Gasteiger partial charge in [-0.2, -0.15) is 0 Å². The average Bonchev–Trinajstić information content (AvgIpc) is 2.42. The Hall–Kier alpha value is -0.653. The summed E-state index contributed by atoms with van der Waals surface area (Å²) in [4.78, 5) is 11.0. The molecule has 0 saturated heterocycles. The number of rotatable bonds is 11. The van der Waals surface area contributed by atoms with Gasteiger partial charge in [-0.25, -0.2) is 4.79 Å². The highest BCUT2D eigenvalue weighted by Crippen LogP contribution is 2.17. The highest BCUT2D eigenvalue weighted by molar-refractivity contribution is 6.65. The summed E-state index contributed by atoms with van der Waals surface area (Å²) in [5.41, 5.74) is 0. The maximum Gasteiger partial charge on any atom is 0.334 e. The first-order valence-electron chi connectivity index (χ1n) is 6.90. The van der Waals surface area contributed by atoms with Crippen molar-refractivity contribution in [3.05, 3.63) is 12.7 Å². The van der Waals surface area contributed by atoms with Crippen molar-refractivity contribution in [2.24, 2.45) is 0 Å². The van der Waals surface area contributed by atoms with E-state index in [2.05, 4.69) is 13.1 Å². The summed E-state index contributed by atoms with van der Waals surface area (Å²) in [5.74, 6) is -0.338. The monoisotopic (exact) mass is 288 g/mol. The molecule has 0 spiro atoms. The van der Waals surface area contributed by atoms with Crippen molar-refractivity contribution < 1.29 is 18.4 Å². The van der Waals surface area contributed by atoms with Gasteiger partial charge in [-0.05, 0) is 32.4 Å². The van der Waals surface area contributed by atoms with Gasteiger partial charge in [0.15, 0.2) is 0 Å². The van der Waals surface area contributed by atoms with Crippen molar-refractivity contribution in [1.82, 2.24) is 0 Å². The van der Waals surface area contributed by atoms with Crippen LogP contribution in [0.2, 0.25) is 12.6 Å². The second-order valence-corrected chi connectivity index (χ2v) is 8.53. The second-order valence-electron chi connectivity index (χ2n) is 4.95. The van der Waals surface area contributed by atoms with Crippen LogP contribution >= 0.6 is 0 Å². The predicted octanol–water partition coefficient (Wildman–Crippen LogP) is 3.42. The molecule has 0 aromatic carbocycles. The van der Waals surface area contributed by atoms with Gasteiger partial charge in [0.05, 0.1) is 6.10 Å². The molecule has 0 amide bonds. The molecule has 0 saturated carbocycles. The summed E-state index contributed by atoms with van der Waals surface area (Å²) in [5, 5.41) is 0. The third-order valence-electron chi connectivity index (χ3n) is 3.34. The Labute approximate surface area is 118 Å². The summed E-state index contributed by atoms with van der Waals surface area (Å²) in [6.45, 7) is 7.38. The molecule has 19 heavy (non-hydrogen) atoms. The Morgan fingerprint density at radius 2 is 1.79 bits per heavy atom. The fourth-order valence-corrected chi connectivity index (χ4v) is 3.29. The van der Waals surface area contributed by atoms with Crippen LogP contribution in [0.4, 0.5) is 0 Å². The number of hydrogen-bond donors (Lipinski definition) is 0. The molecule has 0 rings (SSSR count). The van der Waals surface area contributed by atoms with Gasteiger partial charge in [0, 0.05) is 20.3 Å². The number of hydrogen-bond acceptors (Lipinski definition) is 4. The molecule has 0 radical (unpaired) electrons. The maximum atomic E-state index is 11.0. The first-order valence-corrected chi connectivity index (χ1v) is 9.43. The standard InChI is InChI=1S/C14H28O4Si/c1-6-14(15)18-13(2)11-9-7-8-10-12-19(5,16-3)17-4/h6,13H,1,7-12H2,2-5H3. The lowest BCUT2D eigenvalue weighted by Gasteiger charge is -2.22. The zero-order chi connectivity index (χ0) is 14.7. The lowest BCUT2D eigenvalue weighted by Crippen LogP contribution is -2.35. The SMILES string of the molecule is C=CC(=O)OC(C)CCCCCC[Si](C)(OC)OC. The Morgan fingerprint density at radius 3 is 2.32 bits per heavy atom. The number of unbranched alkanes of at least 4 members (excludes halogenated alkanes) is 3. The Kier molecular flexibility index (Phi) is 9.82. The maximum absolute atomic E-state index is 11.0. The van der Waals surface area contributed by atoms with E-state index < -0.39 is 8.56 Å². The van der Waals surface area contributed by atoms with E-state index in [1.807, 2.05) is 6.92 Å². The molecule has 0 aromatic rings. The molecule has 0 bridgehead atoms. The molecular weight excluding hydrogens is 260 g/mol. The zero-order valence-electron chi connectivity index (χ0n) is 12.7. The first kappa shape index (κ1) is 18.3. The van der Waals surface area contributed by atoms with Crippen molar-refractivity contribution in [1.29, 1.82) is 0 Å². The van der Waals surface area contributed by atoms with Gasteiger partial charge in [0.1, 0.15) is 0 Å². The molecule has 0 heterocycles. The summed E-state index contributed by atoms with van der Waals surface area (Å²) in [6, 6.07) is 1.03. The van der Waals surface area contributed by atoms with Crippen LogP contribution in [0.15, 0.2) is 12.7 Å². The second kappa shape index (κ2) is 10.2. The van der Waals surface area contributed by atoms with Gasteiger partial charge in [-0.15, -0.1) is 0 Å². The van der Waals surface area contributed by atoms with E-state index in [-0.39, 0.29) is 12.1 Å². The third-order valence-corrected chi connectivity index (χ3v) is 6.33. The summed E-state index contributed by atoms with van der Waals surface area (Å²) in [6.07, 6.45) is 6.60. The smallest absolute Gasteiger partial charge is 0.334 e. The van der Waals surface area contributed by atoms with Gasteiger partial charge in [0.25, 0.3) is 0 Å². The predicted molar refractivity (Wildman–Crippen MR) is 79.3 cm³/mol. The van der Waals surface area contributed by atoms with E-state index in [1.54, 1.807) is 14.2 Å². The largest absolute Gasteiger partial charge is 0.460 e. The van der Waals surface area contributed by atoms with Crippen LogP contribution < -0.4 is 0 Å². The first-order chi connectivity index (χ1) is 8.97. The molecule has 1 unspecified atom stereocenters. The van der Waals surface area contributed by atoms with Gasteiger partial charge in [-0.1, -0.05) is 25.8 Å². The Bertz CT molecular complexity index is 264. The highest BCUT2D eigenvalue weighted by Gasteiger charge is 2.27. The van der Waals surface area contributed by atoms with Crippen molar-refractivity contribution in [3.8, 4) is 0 Å². The lowest BCUT2D eigenvalue weighted by atomic mass is 10.1. The number of carbonyl (C=O) groups is 1. The minimum absolute atomic E-state index is 0.0249. The van der Waals surface area contributed by atoms with Crippen molar-refractivity contribution in [2.45, 2.75) is 57.7 Å². The van der Waals surface area contributed by atoms with Crippen molar-refractivity contribution >= 4 is 14.5 Å². The van der Waals surface area contributed by atoms with Gasteiger partial charge < -0.3 is 13.6 Å². The Morgan fingerprint density at radius 1 is 1.21 bits per heavy atom. The van der Waals surface area contributed by atoms with Crippen LogP contribution in [-0.2, 0) is 18.4 Å². The van der Waals surface area contributed by atoms with Crippen LogP contribution in [-0.4, -0.2) is 34.9 Å². The fraction of sp³-hybridized carbons (Fsp3) is 0.786. The number of carbonyl (C=O) groups excluding carboxylic acids is 1. The van der Waals surface area contributed by atoms with Crippen LogP contribution in [0.3, 0.4) is 0 Å². The molecule has 0 aliphatic carbocycles. The van der Waals surface area contributed by atoms with E-state index in [0.717, 1.165) is 38.1 Å². The van der Waals surface area contributed by atoms with Gasteiger partial charge in [-0.3, -0.25) is 0 Å². The third kappa shape index (κ3) is 8.97. The van der Waals surface area contributed by atoms with Gasteiger partial charge in [0.2, 0.25) is 0 Å². The fourth-order valence-electron chi connectivity index (χ4n) is 1.82. The Balaban J connectivity index is 3.55. The molecule has 1 atom stereocenters. The van der Waals surface area contributed by atoms with Crippen LogP contribution in [0.1, 0.15) is 39.0 Å². The summed E-state index contributed by atoms with van der Waals surface area (Å²) in [7, 11) is 1.57. The van der Waals surface area contributed by atoms with Crippen molar-refractivity contribution in [3.63, 3.8) is 0 Å². The summed E-state index contributed by atoms with van der Waals surface area (Å²) >= 11 is 0. The topological polar surface area (TPSA) is 44.8 Å².